The summed E-state index contributed by atoms with van der Waals surface area (Å²) in [6, 6.07) is 12.3. The van der Waals surface area contributed by atoms with Gasteiger partial charge in [0, 0.05) is 0 Å². The fourth-order valence-corrected chi connectivity index (χ4v) is 2.38. The van der Waals surface area contributed by atoms with Gasteiger partial charge in [0.05, 0.1) is 11.4 Å². The Balaban J connectivity index is 1.67. The van der Waals surface area contributed by atoms with E-state index in [0.29, 0.717) is 18.0 Å². The van der Waals surface area contributed by atoms with Crippen LogP contribution in [-0.2, 0) is 4.79 Å². The lowest BCUT2D eigenvalue weighted by molar-refractivity contribution is -0.122. The summed E-state index contributed by atoms with van der Waals surface area (Å²) < 4.78 is 5.48. The van der Waals surface area contributed by atoms with Crippen molar-refractivity contribution in [3.05, 3.63) is 52.7 Å². The summed E-state index contributed by atoms with van der Waals surface area (Å²) in [6.07, 6.45) is 0. The third kappa shape index (κ3) is 4.89. The van der Waals surface area contributed by atoms with Gasteiger partial charge in [-0.3, -0.25) is 9.59 Å². The molecule has 5 nitrogen and oxygen atoms in total. The number of carbonyl (C=O) groups excluding carboxylic acids is 2. The number of hydrogen-bond donors (Lipinski definition) is 2. The number of ether oxygens (including phenoxy) is 1. The monoisotopic (exact) mass is 318 g/mol. The summed E-state index contributed by atoms with van der Waals surface area (Å²) in [4.78, 5) is 24.3. The predicted octanol–water partition coefficient (Wildman–Crippen LogP) is 2.06. The predicted molar refractivity (Wildman–Crippen MR) is 86.2 cm³/mol. The first-order valence-electron chi connectivity index (χ1n) is 6.97. The Morgan fingerprint density at radius 1 is 1.18 bits per heavy atom. The van der Waals surface area contributed by atoms with Crippen molar-refractivity contribution in [2.45, 2.75) is 13.0 Å². The molecule has 0 aliphatic rings. The van der Waals surface area contributed by atoms with Crippen molar-refractivity contribution in [2.24, 2.45) is 0 Å². The molecule has 0 radical (unpaired) electrons. The summed E-state index contributed by atoms with van der Waals surface area (Å²) in [5.41, 5.74) is 0. The fraction of sp³-hybridized carbons (Fsp3) is 0.250. The third-order valence-electron chi connectivity index (χ3n) is 2.90. The van der Waals surface area contributed by atoms with Crippen molar-refractivity contribution in [3.63, 3.8) is 0 Å². The van der Waals surface area contributed by atoms with Crippen LogP contribution >= 0.6 is 11.3 Å². The molecule has 1 aromatic carbocycles. The molecule has 2 aromatic rings. The van der Waals surface area contributed by atoms with Gasteiger partial charge in [-0.15, -0.1) is 11.3 Å². The Morgan fingerprint density at radius 2 is 1.95 bits per heavy atom. The number of amides is 2. The van der Waals surface area contributed by atoms with Crippen molar-refractivity contribution in [1.82, 2.24) is 10.6 Å². The lowest BCUT2D eigenvalue weighted by Gasteiger charge is -2.14. The van der Waals surface area contributed by atoms with E-state index >= 15 is 0 Å². The van der Waals surface area contributed by atoms with Crippen LogP contribution in [0.2, 0.25) is 0 Å². The summed E-state index contributed by atoms with van der Waals surface area (Å²) in [6.45, 7) is 2.41. The molecule has 0 saturated carbocycles. The minimum absolute atomic E-state index is 0.235. The highest BCUT2D eigenvalue weighted by atomic mass is 32.1. The van der Waals surface area contributed by atoms with Gasteiger partial charge < -0.3 is 15.4 Å². The second-order valence-electron chi connectivity index (χ2n) is 4.62. The summed E-state index contributed by atoms with van der Waals surface area (Å²) in [7, 11) is 0. The van der Waals surface area contributed by atoms with E-state index in [9.17, 15) is 9.59 Å². The van der Waals surface area contributed by atoms with Crippen molar-refractivity contribution in [1.29, 1.82) is 0 Å². The maximum Gasteiger partial charge on any atom is 0.261 e. The SMILES string of the molecule is CC(NC(=O)c1cccs1)C(=O)NCCOc1ccccc1. The molecule has 1 aromatic heterocycles. The molecule has 0 bridgehead atoms. The maximum atomic E-state index is 11.9. The standard InChI is InChI=1S/C16H18N2O3S/c1-12(18-16(20)14-8-5-11-22-14)15(19)17-9-10-21-13-6-3-2-4-7-13/h2-8,11-12H,9-10H2,1H3,(H,17,19)(H,18,20). The van der Waals surface area contributed by atoms with E-state index in [-0.39, 0.29) is 11.8 Å². The zero-order chi connectivity index (χ0) is 15.8. The minimum Gasteiger partial charge on any atom is -0.492 e. The Hall–Kier alpha value is -2.34. The summed E-state index contributed by atoms with van der Waals surface area (Å²) >= 11 is 1.34. The molecule has 1 heterocycles. The second kappa shape index (κ2) is 8.19. The van der Waals surface area contributed by atoms with Gasteiger partial charge in [0.15, 0.2) is 0 Å². The van der Waals surface area contributed by atoms with Crippen LogP contribution in [0, 0.1) is 0 Å². The summed E-state index contributed by atoms with van der Waals surface area (Å²) in [5.74, 6) is 0.288. The maximum absolute atomic E-state index is 11.9. The smallest absolute Gasteiger partial charge is 0.261 e. The van der Waals surface area contributed by atoms with Gasteiger partial charge >= 0.3 is 0 Å². The minimum atomic E-state index is -0.591. The van der Waals surface area contributed by atoms with E-state index in [4.69, 9.17) is 4.74 Å². The van der Waals surface area contributed by atoms with Gasteiger partial charge in [-0.2, -0.15) is 0 Å². The molecule has 0 spiro atoms. The number of rotatable bonds is 7. The van der Waals surface area contributed by atoms with Crippen LogP contribution in [0.4, 0.5) is 0 Å². The quantitative estimate of drug-likeness (QED) is 0.768. The Kier molecular flexibility index (Phi) is 5.97. The molecule has 0 saturated heterocycles. The normalized spacial score (nSPS) is 11.5. The number of nitrogens with one attached hydrogen (secondary N) is 2. The van der Waals surface area contributed by atoms with E-state index in [1.54, 1.807) is 19.1 Å². The molecule has 2 N–H and O–H groups in total. The first-order chi connectivity index (χ1) is 10.7. The Morgan fingerprint density at radius 3 is 2.64 bits per heavy atom. The molecule has 1 atom stereocenters. The zero-order valence-corrected chi connectivity index (χ0v) is 13.1. The molecule has 2 rings (SSSR count). The second-order valence-corrected chi connectivity index (χ2v) is 5.57. The summed E-state index contributed by atoms with van der Waals surface area (Å²) in [5, 5.41) is 7.21. The van der Waals surface area contributed by atoms with Crippen molar-refractivity contribution < 1.29 is 14.3 Å². The van der Waals surface area contributed by atoms with Crippen LogP contribution in [0.5, 0.6) is 5.75 Å². The van der Waals surface area contributed by atoms with Crippen LogP contribution in [0.15, 0.2) is 47.8 Å². The van der Waals surface area contributed by atoms with E-state index < -0.39 is 6.04 Å². The number of thiophene rings is 1. The molecule has 0 fully saturated rings. The van der Waals surface area contributed by atoms with Crippen LogP contribution in [0.3, 0.4) is 0 Å². The van der Waals surface area contributed by atoms with Gasteiger partial charge in [-0.05, 0) is 30.5 Å². The number of carbonyl (C=O) groups is 2. The van der Waals surface area contributed by atoms with Crippen LogP contribution in [0.25, 0.3) is 0 Å². The van der Waals surface area contributed by atoms with E-state index in [2.05, 4.69) is 10.6 Å². The van der Waals surface area contributed by atoms with E-state index in [1.807, 2.05) is 35.7 Å². The largest absolute Gasteiger partial charge is 0.492 e. The van der Waals surface area contributed by atoms with E-state index in [1.165, 1.54) is 11.3 Å². The highest BCUT2D eigenvalue weighted by Crippen LogP contribution is 2.08. The molecule has 0 aliphatic heterocycles. The molecule has 1 unspecified atom stereocenters. The van der Waals surface area contributed by atoms with Gasteiger partial charge in [-0.25, -0.2) is 0 Å². The van der Waals surface area contributed by atoms with Crippen molar-refractivity contribution in [2.75, 3.05) is 13.2 Å². The van der Waals surface area contributed by atoms with Crippen molar-refractivity contribution >= 4 is 23.2 Å². The van der Waals surface area contributed by atoms with Crippen LogP contribution < -0.4 is 15.4 Å². The lowest BCUT2D eigenvalue weighted by Crippen LogP contribution is -2.45. The molecule has 0 aliphatic carbocycles. The molecule has 6 heteroatoms. The van der Waals surface area contributed by atoms with Crippen LogP contribution in [-0.4, -0.2) is 31.0 Å². The van der Waals surface area contributed by atoms with Gasteiger partial charge in [-0.1, -0.05) is 24.3 Å². The molecular weight excluding hydrogens is 300 g/mol. The van der Waals surface area contributed by atoms with Gasteiger partial charge in [0.25, 0.3) is 5.91 Å². The fourth-order valence-electron chi connectivity index (χ4n) is 1.75. The molecule has 22 heavy (non-hydrogen) atoms. The molecular formula is C16H18N2O3S. The van der Waals surface area contributed by atoms with Crippen molar-refractivity contribution in [3.8, 4) is 5.75 Å². The zero-order valence-electron chi connectivity index (χ0n) is 12.2. The average molecular weight is 318 g/mol. The molecule has 116 valence electrons. The topological polar surface area (TPSA) is 67.4 Å². The van der Waals surface area contributed by atoms with Gasteiger partial charge in [0.1, 0.15) is 18.4 Å². The Labute approximate surface area is 133 Å². The van der Waals surface area contributed by atoms with E-state index in [0.717, 1.165) is 5.75 Å². The first kappa shape index (κ1) is 16.0. The first-order valence-corrected chi connectivity index (χ1v) is 7.84. The Bertz CT molecular complexity index is 599. The molecule has 2 amide bonds. The number of benzene rings is 1. The van der Waals surface area contributed by atoms with Gasteiger partial charge in [0.2, 0.25) is 5.91 Å². The highest BCUT2D eigenvalue weighted by Gasteiger charge is 2.16. The number of para-hydroxylation sites is 1. The van der Waals surface area contributed by atoms with Crippen LogP contribution in [0.1, 0.15) is 16.6 Å². The average Bonchev–Trinajstić information content (AvgIpc) is 3.07. The third-order valence-corrected chi connectivity index (χ3v) is 3.77. The highest BCUT2D eigenvalue weighted by molar-refractivity contribution is 7.12. The number of hydrogen-bond acceptors (Lipinski definition) is 4. The lowest BCUT2D eigenvalue weighted by atomic mass is 10.3.